The van der Waals surface area contributed by atoms with Crippen LogP contribution < -0.4 is 4.72 Å². The number of hydrogen-bond acceptors (Lipinski definition) is 4. The molecule has 0 bridgehead atoms. The quantitative estimate of drug-likeness (QED) is 0.398. The van der Waals surface area contributed by atoms with Crippen molar-refractivity contribution in [3.05, 3.63) is 102 Å². The van der Waals surface area contributed by atoms with Crippen LogP contribution in [0.1, 0.15) is 17.9 Å². The van der Waals surface area contributed by atoms with Gasteiger partial charge in [0.2, 0.25) is 5.88 Å². The molecule has 0 saturated heterocycles. The van der Waals surface area contributed by atoms with Gasteiger partial charge in [-0.2, -0.15) is 0 Å². The highest BCUT2D eigenvalue weighted by atomic mass is 32.2. The Kier molecular flexibility index (Phi) is 6.13. The van der Waals surface area contributed by atoms with E-state index in [1.54, 1.807) is 30.3 Å². The van der Waals surface area contributed by atoms with E-state index in [9.17, 15) is 12.8 Å². The van der Waals surface area contributed by atoms with Crippen molar-refractivity contribution in [3.63, 3.8) is 0 Å². The first-order chi connectivity index (χ1) is 15.0. The molecule has 7 heteroatoms. The molecule has 1 aromatic heterocycles. The molecule has 0 radical (unpaired) electrons. The lowest BCUT2D eigenvalue weighted by atomic mass is 10.1. The minimum Gasteiger partial charge on any atom is -0.424 e. The molecule has 4 rings (SSSR count). The van der Waals surface area contributed by atoms with Crippen molar-refractivity contribution >= 4 is 15.9 Å². The Labute approximate surface area is 180 Å². The summed E-state index contributed by atoms with van der Waals surface area (Å²) < 4.78 is 47.2. The number of anilines is 1. The number of oxazole rings is 1. The van der Waals surface area contributed by atoms with Gasteiger partial charge < -0.3 is 4.42 Å². The Morgan fingerprint density at radius 2 is 1.48 bits per heavy atom. The lowest BCUT2D eigenvalue weighted by Gasteiger charge is -2.07. The predicted octanol–water partition coefficient (Wildman–Crippen LogP) is 5.46. The molecule has 0 amide bonds. The fraction of sp³-hybridized carbons (Fsp3) is 0.125. The van der Waals surface area contributed by atoms with Gasteiger partial charge in [-0.05, 0) is 54.8 Å². The minimum absolute atomic E-state index is 0.0187. The molecule has 1 N–H and O–H groups in total. The summed E-state index contributed by atoms with van der Waals surface area (Å²) in [6, 6.07) is 23.8. The summed E-state index contributed by atoms with van der Waals surface area (Å²) in [5.74, 6) is 0.0490. The van der Waals surface area contributed by atoms with Crippen LogP contribution in [-0.2, 0) is 22.9 Å². The smallest absolute Gasteiger partial charge is 0.264 e. The maximum absolute atomic E-state index is 13.4. The van der Waals surface area contributed by atoms with E-state index in [0.29, 0.717) is 23.6 Å². The molecule has 3 aromatic carbocycles. The van der Waals surface area contributed by atoms with E-state index < -0.39 is 10.0 Å². The molecule has 31 heavy (non-hydrogen) atoms. The molecular formula is C24H21FN2O3S. The van der Waals surface area contributed by atoms with Gasteiger partial charge in [-0.3, -0.25) is 0 Å². The number of hydrogen-bond donors (Lipinski definition) is 1. The number of benzene rings is 3. The molecule has 158 valence electrons. The zero-order valence-electron chi connectivity index (χ0n) is 16.7. The average Bonchev–Trinajstić information content (AvgIpc) is 3.17. The fourth-order valence-corrected chi connectivity index (χ4v) is 4.23. The number of halogens is 1. The molecule has 4 aromatic rings. The SMILES string of the molecule is O=S(=O)(Nc1oc(CCCc2ccccc2)nc1-c1ccc(F)cc1)c1ccccc1. The van der Waals surface area contributed by atoms with Crippen LogP contribution in [0.2, 0.25) is 0 Å². The van der Waals surface area contributed by atoms with E-state index in [0.717, 1.165) is 12.8 Å². The van der Waals surface area contributed by atoms with Crippen LogP contribution in [0.3, 0.4) is 0 Å². The highest BCUT2D eigenvalue weighted by Crippen LogP contribution is 2.31. The van der Waals surface area contributed by atoms with Crippen LogP contribution >= 0.6 is 0 Å². The maximum atomic E-state index is 13.4. The van der Waals surface area contributed by atoms with Crippen LogP contribution in [0.4, 0.5) is 10.3 Å². The third-order valence-corrected chi connectivity index (χ3v) is 6.12. The second-order valence-electron chi connectivity index (χ2n) is 7.05. The number of nitrogens with one attached hydrogen (secondary N) is 1. The van der Waals surface area contributed by atoms with E-state index in [-0.39, 0.29) is 16.6 Å². The van der Waals surface area contributed by atoms with Crippen molar-refractivity contribution in [2.24, 2.45) is 0 Å². The highest BCUT2D eigenvalue weighted by molar-refractivity contribution is 7.92. The summed E-state index contributed by atoms with van der Waals surface area (Å²) in [6.45, 7) is 0. The number of aromatic nitrogens is 1. The Balaban J connectivity index is 1.60. The van der Waals surface area contributed by atoms with Gasteiger partial charge >= 0.3 is 0 Å². The van der Waals surface area contributed by atoms with Gasteiger partial charge in [-0.1, -0.05) is 48.5 Å². The molecule has 1 heterocycles. The summed E-state index contributed by atoms with van der Waals surface area (Å²) in [6.07, 6.45) is 2.18. The van der Waals surface area contributed by atoms with Crippen LogP contribution in [-0.4, -0.2) is 13.4 Å². The van der Waals surface area contributed by atoms with E-state index in [2.05, 4.69) is 21.8 Å². The Morgan fingerprint density at radius 1 is 0.839 bits per heavy atom. The van der Waals surface area contributed by atoms with Crippen LogP contribution in [0.25, 0.3) is 11.3 Å². The van der Waals surface area contributed by atoms with E-state index >= 15 is 0 Å². The number of sulfonamides is 1. The molecule has 0 aliphatic heterocycles. The normalized spacial score (nSPS) is 11.4. The van der Waals surface area contributed by atoms with Gasteiger partial charge in [0.05, 0.1) is 4.90 Å². The first-order valence-electron chi connectivity index (χ1n) is 9.89. The summed E-state index contributed by atoms with van der Waals surface area (Å²) in [5.41, 5.74) is 2.09. The monoisotopic (exact) mass is 436 g/mol. The number of aryl methyl sites for hydroxylation is 2. The largest absolute Gasteiger partial charge is 0.424 e. The Hall–Kier alpha value is -3.45. The van der Waals surface area contributed by atoms with Gasteiger partial charge in [0, 0.05) is 12.0 Å². The lowest BCUT2D eigenvalue weighted by molar-refractivity contribution is 0.500. The molecule has 5 nitrogen and oxygen atoms in total. The Bertz CT molecular complexity index is 1240. The second kappa shape index (κ2) is 9.14. The standard InChI is InChI=1S/C24H21FN2O3S/c25-20-16-14-19(15-17-20)23-24(27-31(28,29)21-11-5-2-6-12-21)30-22(26-23)13-7-10-18-8-3-1-4-9-18/h1-6,8-9,11-12,14-17,27H,7,10,13H2. The van der Waals surface area contributed by atoms with Crippen LogP contribution in [0.15, 0.2) is 94.2 Å². The summed E-state index contributed by atoms with van der Waals surface area (Å²) in [5, 5.41) is 0. The summed E-state index contributed by atoms with van der Waals surface area (Å²) in [4.78, 5) is 4.62. The highest BCUT2D eigenvalue weighted by Gasteiger charge is 2.22. The molecule has 0 unspecified atom stereocenters. The summed E-state index contributed by atoms with van der Waals surface area (Å²) in [7, 11) is -3.86. The van der Waals surface area contributed by atoms with E-state index in [4.69, 9.17) is 4.42 Å². The molecule has 0 spiro atoms. The maximum Gasteiger partial charge on any atom is 0.264 e. The van der Waals surface area contributed by atoms with Crippen molar-refractivity contribution in [2.45, 2.75) is 24.2 Å². The van der Waals surface area contributed by atoms with Crippen LogP contribution in [0.5, 0.6) is 0 Å². The van der Waals surface area contributed by atoms with Gasteiger partial charge in [0.25, 0.3) is 10.0 Å². The number of rotatable bonds is 8. The average molecular weight is 437 g/mol. The molecular weight excluding hydrogens is 415 g/mol. The number of nitrogens with zero attached hydrogens (tertiary/aromatic N) is 1. The van der Waals surface area contributed by atoms with E-state index in [1.807, 2.05) is 18.2 Å². The van der Waals surface area contributed by atoms with Gasteiger partial charge in [-0.25, -0.2) is 22.5 Å². The first kappa shape index (κ1) is 20.8. The molecule has 0 fully saturated rings. The van der Waals surface area contributed by atoms with Crippen LogP contribution in [0, 0.1) is 5.82 Å². The van der Waals surface area contributed by atoms with Crippen molar-refractivity contribution < 1.29 is 17.2 Å². The molecule has 0 aliphatic carbocycles. The van der Waals surface area contributed by atoms with Gasteiger partial charge in [0.15, 0.2) is 5.89 Å². The van der Waals surface area contributed by atoms with E-state index in [1.165, 1.54) is 29.8 Å². The zero-order valence-corrected chi connectivity index (χ0v) is 17.5. The molecule has 0 atom stereocenters. The van der Waals surface area contributed by atoms with Crippen molar-refractivity contribution in [1.82, 2.24) is 4.98 Å². The topological polar surface area (TPSA) is 72.2 Å². The molecule has 0 saturated carbocycles. The lowest BCUT2D eigenvalue weighted by Crippen LogP contribution is -2.12. The van der Waals surface area contributed by atoms with Gasteiger partial charge in [-0.15, -0.1) is 0 Å². The predicted molar refractivity (Wildman–Crippen MR) is 118 cm³/mol. The first-order valence-corrected chi connectivity index (χ1v) is 11.4. The summed E-state index contributed by atoms with van der Waals surface area (Å²) >= 11 is 0. The Morgan fingerprint density at radius 3 is 2.16 bits per heavy atom. The third-order valence-electron chi connectivity index (χ3n) is 4.77. The second-order valence-corrected chi connectivity index (χ2v) is 8.73. The van der Waals surface area contributed by atoms with Crippen molar-refractivity contribution in [3.8, 4) is 11.3 Å². The van der Waals surface area contributed by atoms with Crippen molar-refractivity contribution in [2.75, 3.05) is 4.72 Å². The fourth-order valence-electron chi connectivity index (χ4n) is 3.21. The third kappa shape index (κ3) is 5.19. The van der Waals surface area contributed by atoms with Gasteiger partial charge in [0.1, 0.15) is 11.5 Å². The zero-order chi connectivity index (χ0) is 21.7. The molecule has 0 aliphatic rings. The van der Waals surface area contributed by atoms with Crippen molar-refractivity contribution in [1.29, 1.82) is 0 Å². The minimum atomic E-state index is -3.86.